The Morgan fingerprint density at radius 3 is 2.40 bits per heavy atom. The molecule has 0 spiro atoms. The minimum atomic E-state index is -0.899. The molecule has 0 aromatic heterocycles. The van der Waals surface area contributed by atoms with Gasteiger partial charge in [-0.1, -0.05) is 0 Å². The molecule has 0 amide bonds. The Bertz CT molecular complexity index is 362. The number of likely N-dealkylation sites (N-methyl/N-ethyl adjacent to an activating group) is 1. The molecule has 0 radical (unpaired) electrons. The van der Waals surface area contributed by atoms with Crippen molar-refractivity contribution in [2.45, 2.75) is 6.23 Å². The minimum absolute atomic E-state index is 0.336. The van der Waals surface area contributed by atoms with E-state index in [1.807, 2.05) is 0 Å². The number of allylic oxidation sites excluding steroid dienone is 1. The first kappa shape index (κ1) is 11.1. The van der Waals surface area contributed by atoms with Crippen molar-refractivity contribution in [3.8, 4) is 0 Å². The molecule has 1 aliphatic rings. The molecule has 0 aliphatic carbocycles. The summed E-state index contributed by atoms with van der Waals surface area (Å²) in [5.74, 6) is 0. The van der Waals surface area contributed by atoms with Gasteiger partial charge in [-0.25, -0.2) is 0 Å². The first-order valence-electron chi connectivity index (χ1n) is 3.94. The maximum absolute atomic E-state index is 10.6. The summed E-state index contributed by atoms with van der Waals surface area (Å²) in [4.78, 5) is 21.0. The zero-order chi connectivity index (χ0) is 11.6. The molecule has 8 nitrogen and oxygen atoms in total. The van der Waals surface area contributed by atoms with Crippen LogP contribution < -0.4 is 0 Å². The molecule has 82 valence electrons. The number of methoxy groups -OCH3 is 1. The number of hydrogen-bond acceptors (Lipinski definition) is 6. The second-order valence-electron chi connectivity index (χ2n) is 2.89. The summed E-state index contributed by atoms with van der Waals surface area (Å²) in [6.45, 7) is 0. The van der Waals surface area contributed by atoms with Crippen molar-refractivity contribution in [1.29, 1.82) is 0 Å². The molecular weight excluding hydrogens is 206 g/mol. The van der Waals surface area contributed by atoms with Gasteiger partial charge in [-0.05, 0) is 0 Å². The summed E-state index contributed by atoms with van der Waals surface area (Å²) in [7, 11) is 2.76. The lowest BCUT2D eigenvalue weighted by atomic mass is 10.2. The van der Waals surface area contributed by atoms with Gasteiger partial charge in [-0.15, -0.1) is 0 Å². The first-order valence-corrected chi connectivity index (χ1v) is 3.94. The molecule has 0 fully saturated rings. The molecule has 0 aromatic rings. The van der Waals surface area contributed by atoms with Crippen molar-refractivity contribution in [1.82, 2.24) is 4.90 Å². The summed E-state index contributed by atoms with van der Waals surface area (Å²) >= 11 is 0. The zero-order valence-electron chi connectivity index (χ0n) is 8.11. The average Bonchev–Trinajstić information content (AvgIpc) is 2.16. The third kappa shape index (κ3) is 2.10. The first-order chi connectivity index (χ1) is 6.97. The molecule has 1 aliphatic heterocycles. The van der Waals surface area contributed by atoms with Crippen molar-refractivity contribution >= 4 is 0 Å². The fourth-order valence-electron chi connectivity index (χ4n) is 1.27. The van der Waals surface area contributed by atoms with Crippen LogP contribution in [0, 0.1) is 20.2 Å². The molecule has 1 unspecified atom stereocenters. The van der Waals surface area contributed by atoms with Crippen LogP contribution in [0.3, 0.4) is 0 Å². The summed E-state index contributed by atoms with van der Waals surface area (Å²) in [6.07, 6.45) is 1.18. The van der Waals surface area contributed by atoms with E-state index in [0.29, 0.717) is 0 Å². The third-order valence-electron chi connectivity index (χ3n) is 1.90. The van der Waals surface area contributed by atoms with Crippen LogP contribution in [0.5, 0.6) is 0 Å². The molecule has 0 bridgehead atoms. The Hall–Kier alpha value is -1.96. The second-order valence-corrected chi connectivity index (χ2v) is 2.89. The maximum Gasteiger partial charge on any atom is 0.302 e. The van der Waals surface area contributed by atoms with Gasteiger partial charge in [0.05, 0.1) is 22.1 Å². The van der Waals surface area contributed by atoms with Gasteiger partial charge >= 0.3 is 5.70 Å². The number of ether oxygens (including phenoxy) is 1. The van der Waals surface area contributed by atoms with E-state index in [4.69, 9.17) is 4.74 Å². The standard InChI is InChI=1S/C7H9N3O5/c1-8-4-5(9(11)12)3-6(10(13)14)7(8)15-2/h3-4,7H,1-2H3. The Labute approximate surface area is 84.7 Å². The molecule has 1 heterocycles. The van der Waals surface area contributed by atoms with Crippen LogP contribution in [0.25, 0.3) is 0 Å². The zero-order valence-corrected chi connectivity index (χ0v) is 8.11. The van der Waals surface area contributed by atoms with Gasteiger partial charge in [0.1, 0.15) is 0 Å². The van der Waals surface area contributed by atoms with Gasteiger partial charge in [-0.2, -0.15) is 0 Å². The predicted octanol–water partition coefficient (Wildman–Crippen LogP) is 0.183. The molecule has 0 N–H and O–H groups in total. The predicted molar refractivity (Wildman–Crippen MR) is 48.7 cm³/mol. The number of rotatable bonds is 3. The number of nitro groups is 2. The van der Waals surface area contributed by atoms with Crippen molar-refractivity contribution < 1.29 is 14.6 Å². The topological polar surface area (TPSA) is 98.8 Å². The SMILES string of the molecule is COC1C([N+](=O)[O-])=CC([N+](=O)[O-])=CN1C. The lowest BCUT2D eigenvalue weighted by molar-refractivity contribution is -0.450. The van der Waals surface area contributed by atoms with Gasteiger partial charge in [0.25, 0.3) is 5.70 Å². The van der Waals surface area contributed by atoms with E-state index in [9.17, 15) is 20.2 Å². The van der Waals surface area contributed by atoms with E-state index in [2.05, 4.69) is 0 Å². The van der Waals surface area contributed by atoms with E-state index < -0.39 is 16.1 Å². The van der Waals surface area contributed by atoms with Crippen LogP contribution in [-0.4, -0.2) is 35.1 Å². The fourth-order valence-corrected chi connectivity index (χ4v) is 1.27. The Kier molecular flexibility index (Phi) is 3.00. The Morgan fingerprint density at radius 1 is 1.40 bits per heavy atom. The van der Waals surface area contributed by atoms with Crippen LogP contribution >= 0.6 is 0 Å². The summed E-state index contributed by atoms with van der Waals surface area (Å²) in [6, 6.07) is 0. The maximum atomic E-state index is 10.6. The number of hydrogen-bond donors (Lipinski definition) is 0. The molecule has 0 saturated carbocycles. The molecule has 15 heavy (non-hydrogen) atoms. The van der Waals surface area contributed by atoms with Crippen molar-refractivity contribution in [2.75, 3.05) is 14.2 Å². The van der Waals surface area contributed by atoms with E-state index in [-0.39, 0.29) is 11.4 Å². The molecule has 1 atom stereocenters. The summed E-state index contributed by atoms with van der Waals surface area (Å²) in [5.41, 5.74) is -0.688. The van der Waals surface area contributed by atoms with Gasteiger partial charge in [0.15, 0.2) is 0 Å². The van der Waals surface area contributed by atoms with Gasteiger partial charge in [0.2, 0.25) is 6.23 Å². The third-order valence-corrected chi connectivity index (χ3v) is 1.90. The van der Waals surface area contributed by atoms with Crippen LogP contribution in [0.1, 0.15) is 0 Å². The average molecular weight is 215 g/mol. The highest BCUT2D eigenvalue weighted by Crippen LogP contribution is 2.20. The highest BCUT2D eigenvalue weighted by Gasteiger charge is 2.34. The van der Waals surface area contributed by atoms with E-state index >= 15 is 0 Å². The molecule has 1 rings (SSSR count). The van der Waals surface area contributed by atoms with Crippen LogP contribution in [0.2, 0.25) is 0 Å². The summed E-state index contributed by atoms with van der Waals surface area (Å²) < 4.78 is 4.85. The van der Waals surface area contributed by atoms with E-state index in [1.54, 1.807) is 0 Å². The van der Waals surface area contributed by atoms with Gasteiger partial charge < -0.3 is 9.64 Å². The van der Waals surface area contributed by atoms with Crippen LogP contribution in [0.4, 0.5) is 0 Å². The smallest absolute Gasteiger partial charge is 0.302 e. The quantitative estimate of drug-likeness (QED) is 0.492. The molecular formula is C7H9N3O5. The molecule has 0 aromatic carbocycles. The Balaban J connectivity index is 3.12. The van der Waals surface area contributed by atoms with Crippen molar-refractivity contribution in [3.63, 3.8) is 0 Å². The van der Waals surface area contributed by atoms with Crippen molar-refractivity contribution in [3.05, 3.63) is 43.9 Å². The van der Waals surface area contributed by atoms with E-state index in [1.165, 1.54) is 25.3 Å². The van der Waals surface area contributed by atoms with Gasteiger partial charge in [0, 0.05) is 14.2 Å². The van der Waals surface area contributed by atoms with Gasteiger partial charge in [-0.3, -0.25) is 20.2 Å². The highest BCUT2D eigenvalue weighted by molar-refractivity contribution is 5.21. The lowest BCUT2D eigenvalue weighted by Gasteiger charge is -2.24. The van der Waals surface area contributed by atoms with Crippen molar-refractivity contribution in [2.24, 2.45) is 0 Å². The monoisotopic (exact) mass is 215 g/mol. The second kappa shape index (κ2) is 4.05. The van der Waals surface area contributed by atoms with Crippen LogP contribution in [-0.2, 0) is 4.74 Å². The fraction of sp³-hybridized carbons (Fsp3) is 0.429. The minimum Gasteiger partial charge on any atom is -0.352 e. The summed E-state index contributed by atoms with van der Waals surface area (Å²) in [5, 5.41) is 21.1. The molecule has 0 saturated heterocycles. The Morgan fingerprint density at radius 2 is 2.00 bits per heavy atom. The van der Waals surface area contributed by atoms with Crippen LogP contribution in [0.15, 0.2) is 23.7 Å². The largest absolute Gasteiger partial charge is 0.352 e. The van der Waals surface area contributed by atoms with E-state index in [0.717, 1.165) is 6.08 Å². The lowest BCUT2D eigenvalue weighted by Crippen LogP contribution is -2.36. The normalized spacial score (nSPS) is 20.7. The number of nitrogens with zero attached hydrogens (tertiary/aromatic N) is 3. The molecule has 8 heteroatoms. The highest BCUT2D eigenvalue weighted by atomic mass is 16.6.